The first-order chi connectivity index (χ1) is 31.2. The number of benzene rings is 11. The van der Waals surface area contributed by atoms with Crippen LogP contribution < -0.4 is 4.90 Å². The Morgan fingerprint density at radius 3 is 1.52 bits per heavy atom. The summed E-state index contributed by atoms with van der Waals surface area (Å²) in [5, 5.41) is 9.86. The molecule has 1 heterocycles. The molecule has 11 aromatic carbocycles. The molecule has 294 valence electrons. The normalized spacial score (nSPS) is 12.9. The van der Waals surface area contributed by atoms with Crippen LogP contribution in [0.1, 0.15) is 22.3 Å². The predicted octanol–water partition coefficient (Wildman–Crippen LogP) is 16.5. The van der Waals surface area contributed by atoms with Gasteiger partial charge >= 0.3 is 0 Å². The van der Waals surface area contributed by atoms with Gasteiger partial charge in [0.25, 0.3) is 0 Å². The molecule has 0 aliphatic heterocycles. The van der Waals surface area contributed by atoms with Crippen LogP contribution in [0.25, 0.3) is 76.5 Å². The Morgan fingerprint density at radius 1 is 0.286 bits per heavy atom. The minimum atomic E-state index is -0.529. The number of hydrogen-bond acceptors (Lipinski definition) is 2. The third-order valence-corrected chi connectivity index (χ3v) is 13.5. The zero-order valence-corrected chi connectivity index (χ0v) is 34.4. The van der Waals surface area contributed by atoms with Gasteiger partial charge in [0.2, 0.25) is 0 Å². The molecule has 1 aliphatic rings. The van der Waals surface area contributed by atoms with Gasteiger partial charge in [0, 0.05) is 33.9 Å². The molecule has 0 N–H and O–H groups in total. The van der Waals surface area contributed by atoms with Gasteiger partial charge in [0.1, 0.15) is 11.2 Å². The molecule has 0 saturated carbocycles. The Bertz CT molecular complexity index is 3680. The zero-order chi connectivity index (χ0) is 41.5. The van der Waals surface area contributed by atoms with E-state index in [4.69, 9.17) is 4.42 Å². The van der Waals surface area contributed by atoms with Crippen LogP contribution in [0.3, 0.4) is 0 Å². The van der Waals surface area contributed by atoms with Crippen LogP contribution in [-0.4, -0.2) is 0 Å². The molecule has 0 fully saturated rings. The summed E-state index contributed by atoms with van der Waals surface area (Å²) >= 11 is 0. The van der Waals surface area contributed by atoms with Crippen molar-refractivity contribution in [1.29, 1.82) is 0 Å². The lowest BCUT2D eigenvalue weighted by molar-refractivity contribution is 0.669. The van der Waals surface area contributed by atoms with Crippen molar-refractivity contribution in [3.8, 4) is 22.3 Å². The largest absolute Gasteiger partial charge is 0.456 e. The highest BCUT2D eigenvalue weighted by Gasteiger charge is 2.46. The molecule has 0 unspecified atom stereocenters. The summed E-state index contributed by atoms with van der Waals surface area (Å²) in [4.78, 5) is 2.41. The lowest BCUT2D eigenvalue weighted by atomic mass is 9.67. The second kappa shape index (κ2) is 13.9. The highest BCUT2D eigenvalue weighted by Crippen LogP contribution is 2.57. The van der Waals surface area contributed by atoms with Crippen molar-refractivity contribution in [2.75, 3.05) is 4.90 Å². The molecular weight excluding hydrogens is 763 g/mol. The number of fused-ring (bicyclic) bond motifs is 12. The second-order valence-corrected chi connectivity index (χ2v) is 16.8. The summed E-state index contributed by atoms with van der Waals surface area (Å²) in [5.41, 5.74) is 14.3. The molecule has 0 amide bonds. The summed E-state index contributed by atoms with van der Waals surface area (Å²) in [6.45, 7) is 0. The maximum atomic E-state index is 6.55. The van der Waals surface area contributed by atoms with Gasteiger partial charge in [-0.05, 0) is 125 Å². The molecule has 13 rings (SSSR count). The maximum Gasteiger partial charge on any atom is 0.137 e. The Morgan fingerprint density at radius 2 is 0.794 bits per heavy atom. The summed E-state index contributed by atoms with van der Waals surface area (Å²) in [6, 6.07) is 86.7. The third-order valence-electron chi connectivity index (χ3n) is 13.5. The van der Waals surface area contributed by atoms with Crippen molar-refractivity contribution >= 4 is 71.3 Å². The fraction of sp³-hybridized carbons (Fsp3) is 0.0164. The first-order valence-corrected chi connectivity index (χ1v) is 21.7. The quantitative estimate of drug-likeness (QED) is 0.156. The van der Waals surface area contributed by atoms with Crippen molar-refractivity contribution < 1.29 is 4.42 Å². The topological polar surface area (TPSA) is 16.4 Å². The highest BCUT2D eigenvalue weighted by atomic mass is 16.3. The van der Waals surface area contributed by atoms with Gasteiger partial charge in [-0.1, -0.05) is 182 Å². The lowest BCUT2D eigenvalue weighted by Crippen LogP contribution is -2.28. The molecule has 12 aromatic rings. The predicted molar refractivity (Wildman–Crippen MR) is 264 cm³/mol. The van der Waals surface area contributed by atoms with Gasteiger partial charge in [-0.15, -0.1) is 0 Å². The Kier molecular flexibility index (Phi) is 7.85. The zero-order valence-electron chi connectivity index (χ0n) is 34.4. The molecule has 1 aliphatic carbocycles. The minimum Gasteiger partial charge on any atom is -0.456 e. The fourth-order valence-electron chi connectivity index (χ4n) is 10.8. The van der Waals surface area contributed by atoms with Crippen molar-refractivity contribution in [2.24, 2.45) is 0 Å². The SMILES string of the molecule is c1ccc(C2(c3ccccc3)c3ccccc3-c3ccc(N(c4cccc(-c5ccc6c7ccccc7c7ccccc7c6c5)c4)c4ccc5c(c4)oc4ccccc45)cc32)cc1. The molecule has 0 saturated heterocycles. The first kappa shape index (κ1) is 35.5. The summed E-state index contributed by atoms with van der Waals surface area (Å²) in [5.74, 6) is 0. The molecule has 0 bridgehead atoms. The second-order valence-electron chi connectivity index (χ2n) is 16.8. The van der Waals surface area contributed by atoms with E-state index in [0.29, 0.717) is 0 Å². The molecule has 2 heteroatoms. The monoisotopic (exact) mass is 801 g/mol. The van der Waals surface area contributed by atoms with Crippen LogP contribution in [0.4, 0.5) is 17.1 Å². The van der Waals surface area contributed by atoms with Crippen LogP contribution >= 0.6 is 0 Å². The smallest absolute Gasteiger partial charge is 0.137 e. The van der Waals surface area contributed by atoms with E-state index < -0.39 is 5.41 Å². The number of para-hydroxylation sites is 1. The van der Waals surface area contributed by atoms with Crippen molar-refractivity contribution in [1.82, 2.24) is 0 Å². The maximum absolute atomic E-state index is 6.55. The number of nitrogens with zero attached hydrogens (tertiary/aromatic N) is 1. The van der Waals surface area contributed by atoms with Gasteiger partial charge in [0.05, 0.1) is 5.41 Å². The van der Waals surface area contributed by atoms with Crippen LogP contribution in [0.15, 0.2) is 241 Å². The number of furan rings is 1. The molecule has 0 atom stereocenters. The van der Waals surface area contributed by atoms with Crippen LogP contribution in [0.2, 0.25) is 0 Å². The molecular formula is C61H39NO. The van der Waals surface area contributed by atoms with Crippen molar-refractivity contribution in [3.05, 3.63) is 259 Å². The molecule has 63 heavy (non-hydrogen) atoms. The minimum absolute atomic E-state index is 0.529. The van der Waals surface area contributed by atoms with E-state index in [0.717, 1.165) is 44.6 Å². The van der Waals surface area contributed by atoms with Gasteiger partial charge in [-0.25, -0.2) is 0 Å². The summed E-state index contributed by atoms with van der Waals surface area (Å²) in [6.07, 6.45) is 0. The third kappa shape index (κ3) is 5.32. The number of anilines is 3. The highest BCUT2D eigenvalue weighted by molar-refractivity contribution is 6.25. The van der Waals surface area contributed by atoms with Gasteiger partial charge in [-0.2, -0.15) is 0 Å². The standard InChI is InChI=1S/C61H39NO/c1-3-17-42(18-4-1)61(43-19-5-2-6-20-43)57-28-13-11-26-52(57)53-34-31-45(38-58(53)61)62(46-32-35-55-54-27-12-14-29-59(54)63-60(55)39-46)44-21-15-16-40(36-44)41-30-33-51-49-24-8-7-22-47(49)48-23-9-10-25-50(48)56(51)37-41/h1-39H. The van der Waals surface area contributed by atoms with E-state index in [9.17, 15) is 0 Å². The van der Waals surface area contributed by atoms with E-state index in [-0.39, 0.29) is 0 Å². The van der Waals surface area contributed by atoms with E-state index in [1.165, 1.54) is 71.3 Å². The summed E-state index contributed by atoms with van der Waals surface area (Å²) < 4.78 is 6.55. The molecule has 1 aromatic heterocycles. The average Bonchev–Trinajstić information content (AvgIpc) is 3.88. The fourth-order valence-corrected chi connectivity index (χ4v) is 10.8. The van der Waals surface area contributed by atoms with E-state index in [2.05, 4.69) is 235 Å². The summed E-state index contributed by atoms with van der Waals surface area (Å²) in [7, 11) is 0. The van der Waals surface area contributed by atoms with E-state index >= 15 is 0 Å². The van der Waals surface area contributed by atoms with Crippen LogP contribution in [0, 0.1) is 0 Å². The lowest BCUT2D eigenvalue weighted by Gasteiger charge is -2.35. The average molecular weight is 802 g/mol. The van der Waals surface area contributed by atoms with Crippen LogP contribution in [0.5, 0.6) is 0 Å². The molecule has 0 radical (unpaired) electrons. The van der Waals surface area contributed by atoms with Crippen LogP contribution in [-0.2, 0) is 5.41 Å². The van der Waals surface area contributed by atoms with Crippen molar-refractivity contribution in [2.45, 2.75) is 5.41 Å². The number of rotatable bonds is 6. The molecule has 0 spiro atoms. The Labute approximate surface area is 365 Å². The van der Waals surface area contributed by atoms with Gasteiger partial charge in [-0.3, -0.25) is 0 Å². The Hall–Kier alpha value is -8.20. The molecule has 2 nitrogen and oxygen atoms in total. The van der Waals surface area contributed by atoms with Gasteiger partial charge < -0.3 is 9.32 Å². The van der Waals surface area contributed by atoms with Gasteiger partial charge in [0.15, 0.2) is 0 Å². The Balaban J connectivity index is 1.04. The first-order valence-electron chi connectivity index (χ1n) is 21.7. The number of hydrogen-bond donors (Lipinski definition) is 0. The van der Waals surface area contributed by atoms with Crippen molar-refractivity contribution in [3.63, 3.8) is 0 Å². The van der Waals surface area contributed by atoms with E-state index in [1.54, 1.807) is 0 Å². The van der Waals surface area contributed by atoms with E-state index in [1.807, 2.05) is 6.07 Å².